The predicted octanol–water partition coefficient (Wildman–Crippen LogP) is 4.76. The number of aromatic nitrogens is 3. The molecule has 104 valence electrons. The summed E-state index contributed by atoms with van der Waals surface area (Å²) in [6, 6.07) is 1.99. The van der Waals surface area contributed by atoms with Gasteiger partial charge in [-0.05, 0) is 34.3 Å². The number of unbranched alkanes of at least 4 members (excludes halogenated alkanes) is 1. The first kappa shape index (κ1) is 14.8. The summed E-state index contributed by atoms with van der Waals surface area (Å²) >= 11 is 9.41. The second kappa shape index (κ2) is 6.71. The molecule has 0 N–H and O–H groups in total. The van der Waals surface area contributed by atoms with Crippen molar-refractivity contribution in [2.24, 2.45) is 5.92 Å². The molecular weight excluding hydrogens is 326 g/mol. The van der Waals surface area contributed by atoms with Crippen LogP contribution in [0.3, 0.4) is 0 Å². The monoisotopic (exact) mass is 343 g/mol. The lowest BCUT2D eigenvalue weighted by atomic mass is 10.1. The van der Waals surface area contributed by atoms with E-state index in [1.54, 1.807) is 0 Å². The lowest BCUT2D eigenvalue weighted by Gasteiger charge is -2.08. The average Bonchev–Trinajstić information content (AvgIpc) is 2.71. The quantitative estimate of drug-likeness (QED) is 0.559. The van der Waals surface area contributed by atoms with Crippen molar-refractivity contribution in [1.29, 1.82) is 0 Å². The van der Waals surface area contributed by atoms with E-state index in [-0.39, 0.29) is 0 Å². The molecule has 0 radical (unpaired) electrons. The fourth-order valence-electron chi connectivity index (χ4n) is 2.19. The first-order chi connectivity index (χ1) is 9.11. The van der Waals surface area contributed by atoms with Gasteiger partial charge in [-0.1, -0.05) is 26.7 Å². The highest BCUT2D eigenvalue weighted by atomic mass is 79.9. The second-order valence-corrected chi connectivity index (χ2v) is 6.38. The zero-order chi connectivity index (χ0) is 13.8. The first-order valence-corrected chi connectivity index (χ1v) is 8.01. The van der Waals surface area contributed by atoms with Crippen LogP contribution in [0.5, 0.6) is 0 Å². The summed E-state index contributed by atoms with van der Waals surface area (Å²) in [6.07, 6.45) is 5.45. The fourth-order valence-corrected chi connectivity index (χ4v) is 2.72. The maximum absolute atomic E-state index is 5.98. The third-order valence-corrected chi connectivity index (χ3v) is 3.84. The zero-order valence-electron chi connectivity index (χ0n) is 11.4. The van der Waals surface area contributed by atoms with Gasteiger partial charge in [0.1, 0.15) is 11.3 Å². The van der Waals surface area contributed by atoms with Crippen LogP contribution < -0.4 is 0 Å². The lowest BCUT2D eigenvalue weighted by Crippen LogP contribution is -2.04. The van der Waals surface area contributed by atoms with Gasteiger partial charge in [0.25, 0.3) is 0 Å². The van der Waals surface area contributed by atoms with E-state index in [4.69, 9.17) is 11.6 Å². The molecule has 0 atom stereocenters. The Kier molecular flexibility index (Phi) is 5.22. The van der Waals surface area contributed by atoms with E-state index in [1.165, 1.54) is 12.8 Å². The molecule has 2 heterocycles. The maximum Gasteiger partial charge on any atom is 0.160 e. The highest BCUT2D eigenvalue weighted by Gasteiger charge is 2.11. The summed E-state index contributed by atoms with van der Waals surface area (Å²) in [6.45, 7) is 5.46. The normalized spacial score (nSPS) is 11.6. The third-order valence-electron chi connectivity index (χ3n) is 3.16. The molecule has 5 heteroatoms. The Balaban J connectivity index is 2.16. The van der Waals surface area contributed by atoms with Crippen LogP contribution in [0.15, 0.2) is 16.7 Å². The molecule has 0 aliphatic carbocycles. The minimum atomic E-state index is 0.429. The summed E-state index contributed by atoms with van der Waals surface area (Å²) in [7, 11) is 0. The van der Waals surface area contributed by atoms with Crippen LogP contribution in [0.1, 0.15) is 38.9 Å². The number of nitrogens with zero attached hydrogens (tertiary/aromatic N) is 3. The average molecular weight is 345 g/mol. The van der Waals surface area contributed by atoms with Gasteiger partial charge in [-0.15, -0.1) is 11.6 Å². The molecule has 0 amide bonds. The maximum atomic E-state index is 5.98. The molecule has 0 aromatic carbocycles. The Morgan fingerprint density at radius 3 is 2.84 bits per heavy atom. The molecule has 0 saturated carbocycles. The molecule has 2 aromatic rings. The summed E-state index contributed by atoms with van der Waals surface area (Å²) < 4.78 is 3.10. The van der Waals surface area contributed by atoms with Crippen molar-refractivity contribution in [1.82, 2.24) is 14.5 Å². The van der Waals surface area contributed by atoms with Gasteiger partial charge in [-0.2, -0.15) is 0 Å². The van der Waals surface area contributed by atoms with E-state index in [1.807, 2.05) is 12.3 Å². The van der Waals surface area contributed by atoms with Crippen LogP contribution in [0, 0.1) is 5.92 Å². The van der Waals surface area contributed by atoms with E-state index >= 15 is 0 Å². The Morgan fingerprint density at radius 2 is 2.16 bits per heavy atom. The van der Waals surface area contributed by atoms with E-state index in [9.17, 15) is 0 Å². The van der Waals surface area contributed by atoms with Gasteiger partial charge in [0, 0.05) is 17.2 Å². The number of halogens is 2. The van der Waals surface area contributed by atoms with E-state index in [0.29, 0.717) is 5.88 Å². The van der Waals surface area contributed by atoms with Crippen molar-refractivity contribution in [2.75, 3.05) is 0 Å². The van der Waals surface area contributed by atoms with Crippen molar-refractivity contribution >= 4 is 38.7 Å². The molecule has 2 aromatic heterocycles. The van der Waals surface area contributed by atoms with Gasteiger partial charge >= 0.3 is 0 Å². The first-order valence-electron chi connectivity index (χ1n) is 6.68. The molecule has 0 saturated heterocycles. The summed E-state index contributed by atoms with van der Waals surface area (Å²) in [5.41, 5.74) is 1.84. The summed E-state index contributed by atoms with van der Waals surface area (Å²) in [5, 5.41) is 0. The topological polar surface area (TPSA) is 30.7 Å². The molecule has 0 aliphatic rings. The molecule has 2 rings (SSSR count). The Morgan fingerprint density at radius 1 is 1.37 bits per heavy atom. The van der Waals surface area contributed by atoms with Crippen LogP contribution in [-0.2, 0) is 12.4 Å². The smallest absolute Gasteiger partial charge is 0.160 e. The largest absolute Gasteiger partial charge is 0.312 e. The number of alkyl halides is 1. The molecular formula is C14H19BrClN3. The van der Waals surface area contributed by atoms with Gasteiger partial charge in [-0.25, -0.2) is 9.97 Å². The predicted molar refractivity (Wildman–Crippen MR) is 83.5 cm³/mol. The lowest BCUT2D eigenvalue weighted by molar-refractivity contribution is 0.508. The van der Waals surface area contributed by atoms with Crippen molar-refractivity contribution in [2.45, 2.75) is 45.5 Å². The van der Waals surface area contributed by atoms with Crippen LogP contribution >= 0.6 is 27.5 Å². The number of rotatable bonds is 6. The molecule has 0 bridgehead atoms. The minimum absolute atomic E-state index is 0.429. The fraction of sp³-hybridized carbons (Fsp3) is 0.571. The van der Waals surface area contributed by atoms with Crippen molar-refractivity contribution in [3.05, 3.63) is 22.6 Å². The van der Waals surface area contributed by atoms with E-state index in [0.717, 1.165) is 40.3 Å². The molecule has 19 heavy (non-hydrogen) atoms. The minimum Gasteiger partial charge on any atom is -0.312 e. The van der Waals surface area contributed by atoms with Crippen LogP contribution in [0.25, 0.3) is 11.2 Å². The Hall–Kier alpha value is -0.610. The van der Waals surface area contributed by atoms with Gasteiger partial charge in [0.05, 0.1) is 5.88 Å². The number of pyridine rings is 1. The highest BCUT2D eigenvalue weighted by Crippen LogP contribution is 2.20. The van der Waals surface area contributed by atoms with E-state index < -0.39 is 0 Å². The zero-order valence-corrected chi connectivity index (χ0v) is 13.7. The van der Waals surface area contributed by atoms with Crippen LogP contribution in [0.4, 0.5) is 0 Å². The number of hydrogen-bond acceptors (Lipinski definition) is 2. The van der Waals surface area contributed by atoms with Gasteiger partial charge in [0.15, 0.2) is 5.65 Å². The molecule has 0 spiro atoms. The Labute approximate surface area is 127 Å². The van der Waals surface area contributed by atoms with Crippen molar-refractivity contribution in [3.63, 3.8) is 0 Å². The van der Waals surface area contributed by atoms with E-state index in [2.05, 4.69) is 44.3 Å². The molecule has 3 nitrogen and oxygen atoms in total. The Bertz CT molecular complexity index is 551. The number of imidazole rings is 1. The number of hydrogen-bond donors (Lipinski definition) is 0. The standard InChI is InChI=1S/C14H19BrClN3/c1-10(2)5-3-4-6-19-13(8-16)18-12-7-11(15)9-17-14(12)19/h7,9-10H,3-6,8H2,1-2H3. The summed E-state index contributed by atoms with van der Waals surface area (Å²) in [5.74, 6) is 2.10. The summed E-state index contributed by atoms with van der Waals surface area (Å²) in [4.78, 5) is 9.00. The number of fused-ring (bicyclic) bond motifs is 1. The number of aryl methyl sites for hydroxylation is 1. The second-order valence-electron chi connectivity index (χ2n) is 5.20. The van der Waals surface area contributed by atoms with Gasteiger partial charge < -0.3 is 4.57 Å². The van der Waals surface area contributed by atoms with Crippen molar-refractivity contribution < 1.29 is 0 Å². The van der Waals surface area contributed by atoms with Crippen LogP contribution in [0.2, 0.25) is 0 Å². The highest BCUT2D eigenvalue weighted by molar-refractivity contribution is 9.10. The van der Waals surface area contributed by atoms with Gasteiger partial charge in [0.2, 0.25) is 0 Å². The SMILES string of the molecule is CC(C)CCCCn1c(CCl)nc2cc(Br)cnc21. The third kappa shape index (κ3) is 3.69. The van der Waals surface area contributed by atoms with Crippen LogP contribution in [-0.4, -0.2) is 14.5 Å². The van der Waals surface area contributed by atoms with Crippen molar-refractivity contribution in [3.8, 4) is 0 Å². The molecule has 0 fully saturated rings. The molecule has 0 unspecified atom stereocenters. The van der Waals surface area contributed by atoms with Gasteiger partial charge in [-0.3, -0.25) is 0 Å². The molecule has 0 aliphatic heterocycles.